The summed E-state index contributed by atoms with van der Waals surface area (Å²) in [5.74, 6) is -0.199. The predicted octanol–water partition coefficient (Wildman–Crippen LogP) is 0.700. The van der Waals surface area contributed by atoms with Crippen molar-refractivity contribution < 1.29 is 9.90 Å². The van der Waals surface area contributed by atoms with Gasteiger partial charge in [-0.2, -0.15) is 0 Å². The molecule has 94 valence electrons. The molecule has 0 aromatic rings. The van der Waals surface area contributed by atoms with Crippen LogP contribution in [-0.2, 0) is 4.79 Å². The van der Waals surface area contributed by atoms with Crippen LogP contribution >= 0.6 is 0 Å². The smallest absolute Gasteiger partial charge is 0.253 e. The van der Waals surface area contributed by atoms with Crippen molar-refractivity contribution in [2.45, 2.75) is 45.3 Å². The Hall–Kier alpha value is -0.610. The minimum absolute atomic E-state index is 0.199. The van der Waals surface area contributed by atoms with Crippen molar-refractivity contribution in [2.24, 2.45) is 0 Å². The van der Waals surface area contributed by atoms with Crippen molar-refractivity contribution in [2.75, 3.05) is 26.7 Å². The highest BCUT2D eigenvalue weighted by molar-refractivity contribution is 5.83. The Labute approximate surface area is 98.2 Å². The van der Waals surface area contributed by atoms with Crippen molar-refractivity contribution >= 4 is 5.91 Å². The Morgan fingerprint density at radius 2 is 2.19 bits per heavy atom. The second-order valence-corrected chi connectivity index (χ2v) is 5.17. The lowest BCUT2D eigenvalue weighted by molar-refractivity contribution is -0.147. The molecule has 1 fully saturated rings. The SMILES string of the molecule is CCN1CCCC1CN(C)C(=O)C(C)(C)O. The molecular formula is C12H24N2O2. The lowest BCUT2D eigenvalue weighted by Crippen LogP contribution is -2.48. The van der Waals surface area contributed by atoms with Gasteiger partial charge in [0, 0.05) is 19.6 Å². The third-order valence-corrected chi connectivity index (χ3v) is 3.26. The van der Waals surface area contributed by atoms with Gasteiger partial charge >= 0.3 is 0 Å². The topological polar surface area (TPSA) is 43.8 Å². The molecule has 4 heteroatoms. The Kier molecular flexibility index (Phi) is 4.33. The van der Waals surface area contributed by atoms with Crippen LogP contribution in [0.4, 0.5) is 0 Å². The van der Waals surface area contributed by atoms with Gasteiger partial charge in [0.25, 0.3) is 5.91 Å². The summed E-state index contributed by atoms with van der Waals surface area (Å²) in [5, 5.41) is 9.65. The van der Waals surface area contributed by atoms with Crippen molar-refractivity contribution in [3.8, 4) is 0 Å². The van der Waals surface area contributed by atoms with Crippen LogP contribution in [0.3, 0.4) is 0 Å². The molecule has 16 heavy (non-hydrogen) atoms. The summed E-state index contributed by atoms with van der Waals surface area (Å²) in [6, 6.07) is 0.460. The molecule has 1 aliphatic rings. The zero-order chi connectivity index (χ0) is 12.3. The fourth-order valence-electron chi connectivity index (χ4n) is 2.38. The summed E-state index contributed by atoms with van der Waals surface area (Å²) in [5.41, 5.74) is -1.26. The maximum absolute atomic E-state index is 11.8. The third kappa shape index (κ3) is 3.19. The first kappa shape index (κ1) is 13.5. The van der Waals surface area contributed by atoms with E-state index >= 15 is 0 Å². The molecule has 1 atom stereocenters. The van der Waals surface area contributed by atoms with E-state index in [-0.39, 0.29) is 5.91 Å². The molecule has 1 saturated heterocycles. The molecule has 1 heterocycles. The number of carbonyl (C=O) groups is 1. The highest BCUT2D eigenvalue weighted by Gasteiger charge is 2.31. The van der Waals surface area contributed by atoms with Gasteiger partial charge in [-0.1, -0.05) is 6.92 Å². The zero-order valence-corrected chi connectivity index (χ0v) is 10.9. The molecule has 0 aromatic heterocycles. The Balaban J connectivity index is 2.51. The average Bonchev–Trinajstić information content (AvgIpc) is 2.62. The van der Waals surface area contributed by atoms with Gasteiger partial charge in [0.05, 0.1) is 0 Å². The first-order valence-electron chi connectivity index (χ1n) is 6.08. The molecule has 1 aliphatic heterocycles. The molecule has 4 nitrogen and oxygen atoms in total. The number of likely N-dealkylation sites (N-methyl/N-ethyl adjacent to an activating group) is 2. The summed E-state index contributed by atoms with van der Waals surface area (Å²) in [6.07, 6.45) is 2.36. The molecule has 1 amide bonds. The van der Waals surface area contributed by atoms with E-state index in [0.29, 0.717) is 6.04 Å². The summed E-state index contributed by atoms with van der Waals surface area (Å²) in [7, 11) is 1.77. The standard InChI is InChI=1S/C12H24N2O2/c1-5-14-8-6-7-10(14)9-13(4)11(15)12(2,3)16/h10,16H,5-9H2,1-4H3. The van der Waals surface area contributed by atoms with Crippen LogP contribution in [0.5, 0.6) is 0 Å². The van der Waals surface area contributed by atoms with Gasteiger partial charge in [0.1, 0.15) is 5.60 Å². The number of likely N-dealkylation sites (tertiary alicyclic amines) is 1. The molecule has 1 N–H and O–H groups in total. The number of hydrogen-bond donors (Lipinski definition) is 1. The molecule has 1 unspecified atom stereocenters. The van der Waals surface area contributed by atoms with Crippen LogP contribution < -0.4 is 0 Å². The van der Waals surface area contributed by atoms with Crippen LogP contribution in [0.2, 0.25) is 0 Å². The Bertz CT molecular complexity index is 248. The molecular weight excluding hydrogens is 204 g/mol. The predicted molar refractivity (Wildman–Crippen MR) is 64.2 cm³/mol. The van der Waals surface area contributed by atoms with Crippen LogP contribution in [0.1, 0.15) is 33.6 Å². The van der Waals surface area contributed by atoms with Crippen molar-refractivity contribution in [1.29, 1.82) is 0 Å². The van der Waals surface area contributed by atoms with E-state index in [9.17, 15) is 9.90 Å². The van der Waals surface area contributed by atoms with E-state index in [4.69, 9.17) is 0 Å². The molecule has 0 saturated carbocycles. The number of nitrogens with zero attached hydrogens (tertiary/aromatic N) is 2. The van der Waals surface area contributed by atoms with E-state index in [0.717, 1.165) is 26.1 Å². The van der Waals surface area contributed by atoms with E-state index < -0.39 is 5.60 Å². The Morgan fingerprint density at radius 3 is 2.69 bits per heavy atom. The van der Waals surface area contributed by atoms with Gasteiger partial charge in [-0.15, -0.1) is 0 Å². The fourth-order valence-corrected chi connectivity index (χ4v) is 2.38. The minimum Gasteiger partial charge on any atom is -0.381 e. The summed E-state index contributed by atoms with van der Waals surface area (Å²) in [4.78, 5) is 15.9. The van der Waals surface area contributed by atoms with E-state index in [1.165, 1.54) is 20.3 Å². The van der Waals surface area contributed by atoms with E-state index in [1.54, 1.807) is 11.9 Å². The molecule has 0 aliphatic carbocycles. The largest absolute Gasteiger partial charge is 0.381 e. The number of aliphatic hydroxyl groups is 1. The normalized spacial score (nSPS) is 22.4. The van der Waals surface area contributed by atoms with Crippen LogP contribution in [0.25, 0.3) is 0 Å². The van der Waals surface area contributed by atoms with Gasteiger partial charge in [-0.3, -0.25) is 9.69 Å². The second kappa shape index (κ2) is 5.15. The van der Waals surface area contributed by atoms with Gasteiger partial charge in [-0.25, -0.2) is 0 Å². The monoisotopic (exact) mass is 228 g/mol. The molecule has 0 bridgehead atoms. The van der Waals surface area contributed by atoms with E-state index in [2.05, 4.69) is 11.8 Å². The molecule has 1 rings (SSSR count). The van der Waals surface area contributed by atoms with Crippen LogP contribution in [0.15, 0.2) is 0 Å². The summed E-state index contributed by atoms with van der Waals surface area (Å²) < 4.78 is 0. The average molecular weight is 228 g/mol. The van der Waals surface area contributed by atoms with Gasteiger partial charge < -0.3 is 10.0 Å². The lowest BCUT2D eigenvalue weighted by atomic mass is 10.1. The number of hydrogen-bond acceptors (Lipinski definition) is 3. The number of amides is 1. The second-order valence-electron chi connectivity index (χ2n) is 5.17. The zero-order valence-electron chi connectivity index (χ0n) is 10.9. The number of carbonyl (C=O) groups excluding carboxylic acids is 1. The first-order valence-corrected chi connectivity index (χ1v) is 6.08. The fraction of sp³-hybridized carbons (Fsp3) is 0.917. The summed E-state index contributed by atoms with van der Waals surface area (Å²) >= 11 is 0. The molecule has 0 aromatic carbocycles. The lowest BCUT2D eigenvalue weighted by Gasteiger charge is -2.30. The van der Waals surface area contributed by atoms with Crippen LogP contribution in [0, 0.1) is 0 Å². The Morgan fingerprint density at radius 1 is 1.56 bits per heavy atom. The van der Waals surface area contributed by atoms with Crippen molar-refractivity contribution in [1.82, 2.24) is 9.80 Å². The highest BCUT2D eigenvalue weighted by atomic mass is 16.3. The van der Waals surface area contributed by atoms with Gasteiger partial charge in [0.15, 0.2) is 0 Å². The third-order valence-electron chi connectivity index (χ3n) is 3.26. The quantitative estimate of drug-likeness (QED) is 0.770. The van der Waals surface area contributed by atoms with Crippen LogP contribution in [-0.4, -0.2) is 59.1 Å². The van der Waals surface area contributed by atoms with Crippen molar-refractivity contribution in [3.05, 3.63) is 0 Å². The van der Waals surface area contributed by atoms with Crippen molar-refractivity contribution in [3.63, 3.8) is 0 Å². The van der Waals surface area contributed by atoms with Gasteiger partial charge in [-0.05, 0) is 39.8 Å². The molecule has 0 spiro atoms. The first-order chi connectivity index (χ1) is 7.36. The number of rotatable bonds is 4. The maximum Gasteiger partial charge on any atom is 0.253 e. The molecule has 0 radical (unpaired) electrons. The minimum atomic E-state index is -1.26. The summed E-state index contributed by atoms with van der Waals surface area (Å²) in [6.45, 7) is 8.11. The highest BCUT2D eigenvalue weighted by Crippen LogP contribution is 2.18. The van der Waals surface area contributed by atoms with Gasteiger partial charge in [0.2, 0.25) is 0 Å². The van der Waals surface area contributed by atoms with E-state index in [1.807, 2.05) is 0 Å². The maximum atomic E-state index is 11.8.